The van der Waals surface area contributed by atoms with E-state index in [2.05, 4.69) is 4.52 Å². The first-order valence-electron chi connectivity index (χ1n) is 6.13. The Labute approximate surface area is 159 Å². The molecule has 1 saturated heterocycles. The van der Waals surface area contributed by atoms with Crippen LogP contribution >= 0.6 is 7.82 Å². The van der Waals surface area contributed by atoms with Crippen molar-refractivity contribution in [3.8, 4) is 0 Å². The molecule has 24 heavy (non-hydrogen) atoms. The van der Waals surface area contributed by atoms with E-state index >= 15 is 0 Å². The molecule has 1 aromatic heterocycles. The van der Waals surface area contributed by atoms with Crippen molar-refractivity contribution in [1.82, 2.24) is 9.55 Å². The van der Waals surface area contributed by atoms with Crippen molar-refractivity contribution in [3.63, 3.8) is 0 Å². The molecule has 10 nitrogen and oxygen atoms in total. The van der Waals surface area contributed by atoms with Crippen LogP contribution in [0.25, 0.3) is 0 Å². The molecule has 2 rings (SSSR count). The van der Waals surface area contributed by atoms with E-state index in [0.717, 1.165) is 0 Å². The van der Waals surface area contributed by atoms with E-state index in [1.165, 1.54) is 6.92 Å². The molecule has 0 aliphatic carbocycles. The summed E-state index contributed by atoms with van der Waals surface area (Å²) in [6.07, 6.45) is -4.51. The SMILES string of the molecule is C[C@H](OP(=O)([O-])[O-])[C@H]1OC(n2cc(F)c(=O)[nH]c2=O)CC1O.[Li+].[Li+]. The maximum absolute atomic E-state index is 13.2. The quantitative estimate of drug-likeness (QED) is 0.400. The Kier molecular flexibility index (Phi) is 8.91. The van der Waals surface area contributed by atoms with Gasteiger partial charge in [-0.3, -0.25) is 14.3 Å². The summed E-state index contributed by atoms with van der Waals surface area (Å²) in [4.78, 5) is 45.4. The van der Waals surface area contributed by atoms with Gasteiger partial charge in [-0.15, -0.1) is 0 Å². The van der Waals surface area contributed by atoms with Gasteiger partial charge in [0.15, 0.2) is 0 Å². The number of nitrogens with one attached hydrogen (secondary N) is 1. The van der Waals surface area contributed by atoms with Crippen molar-refractivity contribution in [2.45, 2.75) is 37.9 Å². The first kappa shape index (κ1) is 23.8. The number of phosphoric acid groups is 1. The van der Waals surface area contributed by atoms with E-state index in [1.807, 2.05) is 0 Å². The van der Waals surface area contributed by atoms with Crippen LogP contribution in [0.1, 0.15) is 19.6 Å². The molecule has 0 amide bonds. The molecule has 2 N–H and O–H groups in total. The summed E-state index contributed by atoms with van der Waals surface area (Å²) in [6, 6.07) is 0. The third kappa shape index (κ3) is 5.68. The standard InChI is InChI=1S/C10H14FN2O8P.2Li/c1-4(21-22(17,18)19)8-6(14)2-7(20-8)13-3-5(11)9(15)12-10(13)16;;/h3-4,6-8,14H,2H2,1H3,(H,12,15,16)(H2,17,18,19);;/q;2*+1/p-2/t4-,6?,7?,8+;;/m0../s1. The van der Waals surface area contributed by atoms with Gasteiger partial charge in [0.05, 0.1) is 26.2 Å². The van der Waals surface area contributed by atoms with Gasteiger partial charge in [0.2, 0.25) is 5.82 Å². The predicted octanol–water partition coefficient (Wildman–Crippen LogP) is -8.43. The zero-order valence-electron chi connectivity index (χ0n) is 13.2. The molecular weight excluding hydrogens is 340 g/mol. The summed E-state index contributed by atoms with van der Waals surface area (Å²) in [5.41, 5.74) is -2.16. The first-order chi connectivity index (χ1) is 10.1. The normalized spacial score (nSPS) is 24.8. The van der Waals surface area contributed by atoms with E-state index in [-0.39, 0.29) is 44.1 Å². The van der Waals surface area contributed by atoms with Gasteiger partial charge in [-0.05, 0) is 6.92 Å². The summed E-state index contributed by atoms with van der Waals surface area (Å²) in [5.74, 6) is -1.23. The zero-order chi connectivity index (χ0) is 16.7. The molecule has 2 heterocycles. The van der Waals surface area contributed by atoms with Crippen LogP contribution < -0.4 is 58.8 Å². The molecule has 4 atom stereocenters. The van der Waals surface area contributed by atoms with Gasteiger partial charge in [0.1, 0.15) is 12.3 Å². The number of aliphatic hydroxyl groups excluding tert-OH is 1. The largest absolute Gasteiger partial charge is 1.00 e. The number of hydrogen-bond donors (Lipinski definition) is 2. The van der Waals surface area contributed by atoms with Crippen molar-refractivity contribution in [1.29, 1.82) is 0 Å². The summed E-state index contributed by atoms with van der Waals surface area (Å²) >= 11 is 0. The average molecular weight is 352 g/mol. The second-order valence-corrected chi connectivity index (χ2v) is 5.86. The Bertz CT molecular complexity index is 722. The molecule has 2 unspecified atom stereocenters. The van der Waals surface area contributed by atoms with Gasteiger partial charge in [-0.1, -0.05) is 0 Å². The molecule has 0 radical (unpaired) electrons. The van der Waals surface area contributed by atoms with Gasteiger partial charge < -0.3 is 28.7 Å². The predicted molar refractivity (Wildman–Crippen MR) is 64.0 cm³/mol. The van der Waals surface area contributed by atoms with E-state index < -0.39 is 49.4 Å². The minimum atomic E-state index is -5.28. The number of hydrogen-bond acceptors (Lipinski definition) is 8. The topological polar surface area (TPSA) is 157 Å². The van der Waals surface area contributed by atoms with Crippen molar-refractivity contribution in [2.75, 3.05) is 0 Å². The molecule has 124 valence electrons. The van der Waals surface area contributed by atoms with E-state index in [4.69, 9.17) is 4.74 Å². The molecule has 1 fully saturated rings. The number of H-pyrrole nitrogens is 1. The number of halogens is 1. The molecule has 0 bridgehead atoms. The van der Waals surface area contributed by atoms with Crippen molar-refractivity contribution < 1.29 is 70.8 Å². The molecular formula is C10H12FLi2N2O8P. The van der Waals surface area contributed by atoms with Crippen LogP contribution in [0.5, 0.6) is 0 Å². The van der Waals surface area contributed by atoms with Crippen LogP contribution in [0.3, 0.4) is 0 Å². The second kappa shape index (κ2) is 8.97. The summed E-state index contributed by atoms with van der Waals surface area (Å²) in [6.45, 7) is 1.19. The maximum Gasteiger partial charge on any atom is 1.00 e. The van der Waals surface area contributed by atoms with E-state index in [1.54, 1.807) is 4.98 Å². The minimum Gasteiger partial charge on any atom is -0.790 e. The van der Waals surface area contributed by atoms with Crippen LogP contribution in [-0.4, -0.2) is 33.0 Å². The number of nitrogens with zero attached hydrogens (tertiary/aromatic N) is 1. The van der Waals surface area contributed by atoms with Gasteiger partial charge in [-0.2, -0.15) is 4.39 Å². The summed E-state index contributed by atoms with van der Waals surface area (Å²) < 4.78 is 33.9. The number of ether oxygens (including phenoxy) is 1. The average Bonchev–Trinajstić information content (AvgIpc) is 2.73. The molecule has 1 aliphatic heterocycles. The van der Waals surface area contributed by atoms with Crippen LogP contribution in [0.15, 0.2) is 15.8 Å². The molecule has 0 spiro atoms. The van der Waals surface area contributed by atoms with E-state index in [9.17, 15) is 33.4 Å². The fraction of sp³-hybridized carbons (Fsp3) is 0.600. The molecule has 0 saturated carbocycles. The molecule has 1 aliphatic rings. The monoisotopic (exact) mass is 352 g/mol. The van der Waals surface area contributed by atoms with Crippen LogP contribution in [0.2, 0.25) is 0 Å². The Hall–Kier alpha value is -0.165. The Morgan fingerprint density at radius 1 is 1.50 bits per heavy atom. The third-order valence-corrected chi connectivity index (χ3v) is 3.72. The molecule has 0 aromatic carbocycles. The third-order valence-electron chi connectivity index (χ3n) is 3.13. The van der Waals surface area contributed by atoms with Crippen molar-refractivity contribution in [2.24, 2.45) is 0 Å². The van der Waals surface area contributed by atoms with Gasteiger partial charge in [0, 0.05) is 6.42 Å². The summed E-state index contributed by atoms with van der Waals surface area (Å²) in [5, 5.41) is 9.82. The fourth-order valence-electron chi connectivity index (χ4n) is 2.21. The minimum absolute atomic E-state index is 0. The summed E-state index contributed by atoms with van der Waals surface area (Å²) in [7, 11) is -5.28. The number of rotatable bonds is 4. The smallest absolute Gasteiger partial charge is 0.790 e. The van der Waals surface area contributed by atoms with Gasteiger partial charge in [-0.25, -0.2) is 4.79 Å². The van der Waals surface area contributed by atoms with Crippen molar-refractivity contribution >= 4 is 7.82 Å². The fourth-order valence-corrected chi connectivity index (χ4v) is 2.74. The van der Waals surface area contributed by atoms with Gasteiger partial charge in [0.25, 0.3) is 5.56 Å². The Morgan fingerprint density at radius 3 is 2.62 bits per heavy atom. The molecule has 14 heteroatoms. The maximum atomic E-state index is 13.2. The zero-order valence-corrected chi connectivity index (χ0v) is 14.1. The van der Waals surface area contributed by atoms with Crippen LogP contribution in [0.4, 0.5) is 4.39 Å². The first-order valence-corrected chi connectivity index (χ1v) is 7.59. The Balaban J connectivity index is 0.00000264. The number of aromatic amines is 1. The Morgan fingerprint density at radius 2 is 2.08 bits per heavy atom. The number of phosphoric ester groups is 1. The second-order valence-electron chi connectivity index (χ2n) is 4.76. The van der Waals surface area contributed by atoms with Crippen LogP contribution in [0, 0.1) is 5.82 Å². The number of aromatic nitrogens is 2. The van der Waals surface area contributed by atoms with Crippen molar-refractivity contribution in [3.05, 3.63) is 32.9 Å². The van der Waals surface area contributed by atoms with Crippen LogP contribution in [-0.2, 0) is 13.8 Å². The van der Waals surface area contributed by atoms with Gasteiger partial charge >= 0.3 is 43.4 Å². The number of aliphatic hydroxyl groups is 1. The van der Waals surface area contributed by atoms with E-state index in [0.29, 0.717) is 10.8 Å². The molecule has 1 aromatic rings.